The summed E-state index contributed by atoms with van der Waals surface area (Å²) in [6.45, 7) is 1.66. The van der Waals surface area contributed by atoms with Crippen molar-refractivity contribution in [2.45, 2.75) is 25.3 Å². The maximum absolute atomic E-state index is 12.9. The van der Waals surface area contributed by atoms with E-state index in [1.54, 1.807) is 16.2 Å². The monoisotopic (exact) mass is 429 g/mol. The van der Waals surface area contributed by atoms with Gasteiger partial charge in [0.15, 0.2) is 16.6 Å². The summed E-state index contributed by atoms with van der Waals surface area (Å²) >= 11 is 2.95. The lowest BCUT2D eigenvalue weighted by atomic mass is 10.2. The number of fused-ring (bicyclic) bond motifs is 2. The number of benzene rings is 1. The molecule has 1 unspecified atom stereocenters. The third-order valence-electron chi connectivity index (χ3n) is 5.06. The van der Waals surface area contributed by atoms with E-state index in [-0.39, 0.29) is 11.8 Å². The summed E-state index contributed by atoms with van der Waals surface area (Å²) in [7, 11) is 0. The van der Waals surface area contributed by atoms with Gasteiger partial charge in [-0.2, -0.15) is 0 Å². The van der Waals surface area contributed by atoms with Crippen LogP contribution in [0.1, 0.15) is 17.7 Å². The maximum Gasteiger partial charge on any atom is 0.248 e. The number of nitrogens with zero attached hydrogens (tertiary/aromatic N) is 2. The van der Waals surface area contributed by atoms with Crippen molar-refractivity contribution in [3.05, 3.63) is 34.5 Å². The van der Waals surface area contributed by atoms with E-state index < -0.39 is 6.04 Å². The van der Waals surface area contributed by atoms with Crippen molar-refractivity contribution in [2.24, 2.45) is 0 Å². The van der Waals surface area contributed by atoms with Crippen molar-refractivity contribution in [1.82, 2.24) is 9.88 Å². The van der Waals surface area contributed by atoms with Crippen LogP contribution in [-0.4, -0.2) is 47.5 Å². The molecular formula is C20H19N3O4S2. The number of carbonyl (C=O) groups excluding carboxylic acids is 2. The van der Waals surface area contributed by atoms with E-state index in [9.17, 15) is 9.59 Å². The van der Waals surface area contributed by atoms with Crippen LogP contribution in [0.2, 0.25) is 0 Å². The molecule has 0 aliphatic carbocycles. The van der Waals surface area contributed by atoms with Gasteiger partial charge in [-0.1, -0.05) is 17.4 Å². The van der Waals surface area contributed by atoms with Crippen molar-refractivity contribution in [3.8, 4) is 11.5 Å². The number of amides is 2. The van der Waals surface area contributed by atoms with Gasteiger partial charge in [-0.25, -0.2) is 4.98 Å². The van der Waals surface area contributed by atoms with Gasteiger partial charge in [0.05, 0.1) is 16.6 Å². The van der Waals surface area contributed by atoms with E-state index in [1.165, 1.54) is 11.3 Å². The van der Waals surface area contributed by atoms with E-state index in [1.807, 2.05) is 29.6 Å². The van der Waals surface area contributed by atoms with Gasteiger partial charge in [0.1, 0.15) is 19.3 Å². The Hall–Kier alpha value is -2.65. The Morgan fingerprint density at radius 2 is 2.07 bits per heavy atom. The zero-order chi connectivity index (χ0) is 19.8. The molecular weight excluding hydrogens is 410 g/mol. The van der Waals surface area contributed by atoms with Crippen molar-refractivity contribution < 1.29 is 19.1 Å². The minimum atomic E-state index is -0.450. The van der Waals surface area contributed by atoms with E-state index in [0.717, 1.165) is 21.5 Å². The summed E-state index contributed by atoms with van der Waals surface area (Å²) in [5.41, 5.74) is 0.756. The molecule has 2 aliphatic rings. The highest BCUT2D eigenvalue weighted by atomic mass is 32.1. The van der Waals surface area contributed by atoms with Gasteiger partial charge in [0.25, 0.3) is 0 Å². The summed E-state index contributed by atoms with van der Waals surface area (Å²) in [4.78, 5) is 32.8. The average molecular weight is 430 g/mol. The number of likely N-dealkylation sites (tertiary alicyclic amines) is 1. The predicted molar refractivity (Wildman–Crippen MR) is 112 cm³/mol. The Labute approximate surface area is 175 Å². The molecule has 1 aromatic carbocycles. The SMILES string of the molecule is O=C(Nc1nc2cc3c(cc2s1)OCCO3)C1CCCN1C(=O)Cc1cccs1. The van der Waals surface area contributed by atoms with Gasteiger partial charge < -0.3 is 19.7 Å². The number of rotatable bonds is 4. The first-order valence-electron chi connectivity index (χ1n) is 9.50. The molecule has 5 rings (SSSR count). The molecule has 0 bridgehead atoms. The van der Waals surface area contributed by atoms with Gasteiger partial charge in [0.2, 0.25) is 11.8 Å². The van der Waals surface area contributed by atoms with Gasteiger partial charge in [-0.3, -0.25) is 9.59 Å². The summed E-state index contributed by atoms with van der Waals surface area (Å²) < 4.78 is 12.1. The third-order valence-corrected chi connectivity index (χ3v) is 6.87. The van der Waals surface area contributed by atoms with E-state index >= 15 is 0 Å². The smallest absolute Gasteiger partial charge is 0.248 e. The van der Waals surface area contributed by atoms with Crippen LogP contribution in [-0.2, 0) is 16.0 Å². The van der Waals surface area contributed by atoms with Crippen molar-refractivity contribution in [3.63, 3.8) is 0 Å². The summed E-state index contributed by atoms with van der Waals surface area (Å²) in [6.07, 6.45) is 1.84. The normalized spacial score (nSPS) is 18.2. The number of carbonyl (C=O) groups is 2. The number of nitrogens with one attached hydrogen (secondary N) is 1. The first kappa shape index (κ1) is 18.4. The minimum Gasteiger partial charge on any atom is -0.486 e. The number of hydrogen-bond donors (Lipinski definition) is 1. The Bertz CT molecular complexity index is 1020. The number of hydrogen-bond acceptors (Lipinski definition) is 7. The lowest BCUT2D eigenvalue weighted by Gasteiger charge is -2.23. The van der Waals surface area contributed by atoms with Crippen LogP contribution >= 0.6 is 22.7 Å². The standard InChI is InChI=1S/C20H19N3O4S2/c24-18(9-12-3-2-8-28-12)23-5-1-4-14(23)19(25)22-20-21-13-10-15-16(11-17(13)29-20)27-7-6-26-15/h2-3,8,10-11,14H,1,4-7,9H2,(H,21,22,25). The Kier molecular flexibility index (Phi) is 4.84. The second-order valence-electron chi connectivity index (χ2n) is 6.97. The summed E-state index contributed by atoms with van der Waals surface area (Å²) in [5.74, 6) is 1.19. The highest BCUT2D eigenvalue weighted by Crippen LogP contribution is 2.38. The molecule has 9 heteroatoms. The average Bonchev–Trinajstić information content (AvgIpc) is 3.46. The predicted octanol–water partition coefficient (Wildman–Crippen LogP) is 3.30. The third kappa shape index (κ3) is 3.67. The second-order valence-corrected chi connectivity index (χ2v) is 9.04. The zero-order valence-corrected chi connectivity index (χ0v) is 17.2. The van der Waals surface area contributed by atoms with Gasteiger partial charge in [-0.05, 0) is 24.3 Å². The molecule has 1 fully saturated rings. The molecule has 1 saturated heterocycles. The molecule has 0 spiro atoms. The molecule has 2 aromatic heterocycles. The highest BCUT2D eigenvalue weighted by molar-refractivity contribution is 7.22. The fourth-order valence-electron chi connectivity index (χ4n) is 3.71. The summed E-state index contributed by atoms with van der Waals surface area (Å²) in [5, 5.41) is 5.38. The Morgan fingerprint density at radius 1 is 1.24 bits per heavy atom. The van der Waals surface area contributed by atoms with Crippen LogP contribution in [0.4, 0.5) is 5.13 Å². The van der Waals surface area contributed by atoms with Crippen LogP contribution in [0, 0.1) is 0 Å². The molecule has 3 aromatic rings. The minimum absolute atomic E-state index is 0.00336. The Morgan fingerprint density at radius 3 is 2.86 bits per heavy atom. The molecule has 1 atom stereocenters. The first-order chi connectivity index (χ1) is 14.2. The molecule has 0 saturated carbocycles. The molecule has 2 aliphatic heterocycles. The second kappa shape index (κ2) is 7.64. The topological polar surface area (TPSA) is 80.8 Å². The quantitative estimate of drug-likeness (QED) is 0.688. The number of aromatic nitrogens is 1. The molecule has 1 N–H and O–H groups in total. The lowest BCUT2D eigenvalue weighted by Crippen LogP contribution is -2.43. The summed E-state index contributed by atoms with van der Waals surface area (Å²) in [6, 6.07) is 7.16. The van der Waals surface area contributed by atoms with Gasteiger partial charge in [-0.15, -0.1) is 11.3 Å². The van der Waals surface area contributed by atoms with Crippen molar-refractivity contribution in [1.29, 1.82) is 0 Å². The molecule has 2 amide bonds. The van der Waals surface area contributed by atoms with Gasteiger partial charge >= 0.3 is 0 Å². The number of thiophene rings is 1. The highest BCUT2D eigenvalue weighted by Gasteiger charge is 2.34. The maximum atomic E-state index is 12.9. The lowest BCUT2D eigenvalue weighted by molar-refractivity contribution is -0.136. The van der Waals surface area contributed by atoms with Crippen LogP contribution in [0.3, 0.4) is 0 Å². The first-order valence-corrected chi connectivity index (χ1v) is 11.2. The number of anilines is 1. The Balaban J connectivity index is 1.30. The zero-order valence-electron chi connectivity index (χ0n) is 15.6. The van der Waals surface area contributed by atoms with Crippen LogP contribution in [0.15, 0.2) is 29.6 Å². The number of ether oxygens (including phenoxy) is 2. The van der Waals surface area contributed by atoms with Crippen LogP contribution < -0.4 is 14.8 Å². The van der Waals surface area contributed by atoms with Crippen LogP contribution in [0.5, 0.6) is 11.5 Å². The fourth-order valence-corrected chi connectivity index (χ4v) is 5.28. The van der Waals surface area contributed by atoms with Gasteiger partial charge in [0, 0.05) is 23.6 Å². The molecule has 7 nitrogen and oxygen atoms in total. The van der Waals surface area contributed by atoms with Crippen molar-refractivity contribution in [2.75, 3.05) is 25.1 Å². The molecule has 150 valence electrons. The van der Waals surface area contributed by atoms with E-state index in [0.29, 0.717) is 49.2 Å². The van der Waals surface area contributed by atoms with Crippen LogP contribution in [0.25, 0.3) is 10.2 Å². The fraction of sp³-hybridized carbons (Fsp3) is 0.350. The molecule has 4 heterocycles. The molecule has 29 heavy (non-hydrogen) atoms. The number of thiazole rings is 1. The largest absolute Gasteiger partial charge is 0.486 e. The van der Waals surface area contributed by atoms with Crippen molar-refractivity contribution >= 4 is 49.8 Å². The van der Waals surface area contributed by atoms with E-state index in [2.05, 4.69) is 10.3 Å². The molecule has 0 radical (unpaired) electrons. The van der Waals surface area contributed by atoms with E-state index in [4.69, 9.17) is 9.47 Å².